The lowest BCUT2D eigenvalue weighted by Gasteiger charge is -2.20. The van der Waals surface area contributed by atoms with Crippen LogP contribution in [-0.2, 0) is 9.47 Å². The van der Waals surface area contributed by atoms with Crippen LogP contribution < -0.4 is 10.1 Å². The molecular formula is C23H25F2N3O4. The minimum Gasteiger partial charge on any atom is -0.483 e. The van der Waals surface area contributed by atoms with Gasteiger partial charge in [0.2, 0.25) is 0 Å². The quantitative estimate of drug-likeness (QED) is 0.630. The maximum Gasteiger partial charge on any atom is 0.151 e. The topological polar surface area (TPSA) is 85.7 Å². The lowest BCUT2D eigenvalue weighted by molar-refractivity contribution is 0.00871. The molecule has 0 radical (unpaired) electrons. The first-order chi connectivity index (χ1) is 15.5. The summed E-state index contributed by atoms with van der Waals surface area (Å²) in [6.07, 6.45) is -0.820. The van der Waals surface area contributed by atoms with Gasteiger partial charge in [-0.2, -0.15) is 0 Å². The number of nitrogens with one attached hydrogen (secondary N) is 1. The molecule has 0 spiro atoms. The van der Waals surface area contributed by atoms with Crippen LogP contribution in [0.5, 0.6) is 5.75 Å². The van der Waals surface area contributed by atoms with E-state index in [9.17, 15) is 13.9 Å². The SMILES string of the molecule is CC.Cc1cc(F)c2c(Nc3ccc(F)cc3O[C@@H]3COC4C(O)COC43)ncnc2c1. The Balaban J connectivity index is 0.00000119. The first-order valence-corrected chi connectivity index (χ1v) is 10.5. The highest BCUT2D eigenvalue weighted by Gasteiger charge is 2.48. The first-order valence-electron chi connectivity index (χ1n) is 10.5. The number of hydrogen-bond donors (Lipinski definition) is 2. The van der Waals surface area contributed by atoms with Crippen LogP contribution in [0.2, 0.25) is 0 Å². The normalized spacial score (nSPS) is 24.1. The van der Waals surface area contributed by atoms with Crippen LogP contribution in [0.3, 0.4) is 0 Å². The van der Waals surface area contributed by atoms with Crippen molar-refractivity contribution in [1.82, 2.24) is 9.97 Å². The van der Waals surface area contributed by atoms with E-state index in [4.69, 9.17) is 14.2 Å². The predicted octanol–water partition coefficient (Wildman–Crippen LogP) is 3.89. The van der Waals surface area contributed by atoms with E-state index in [1.54, 1.807) is 13.0 Å². The highest BCUT2D eigenvalue weighted by molar-refractivity contribution is 5.92. The van der Waals surface area contributed by atoms with E-state index in [-0.39, 0.29) is 30.2 Å². The molecular weight excluding hydrogens is 420 g/mol. The summed E-state index contributed by atoms with van der Waals surface area (Å²) in [5, 5.41) is 13.2. The molecule has 4 atom stereocenters. The number of halogens is 2. The molecule has 2 saturated heterocycles. The number of anilines is 2. The number of aliphatic hydroxyl groups is 1. The van der Waals surface area contributed by atoms with Gasteiger partial charge in [-0.3, -0.25) is 0 Å². The Bertz CT molecular complexity index is 1110. The van der Waals surface area contributed by atoms with Gasteiger partial charge in [-0.25, -0.2) is 18.7 Å². The molecule has 3 aromatic rings. The van der Waals surface area contributed by atoms with Gasteiger partial charge in [0.1, 0.15) is 47.8 Å². The lowest BCUT2D eigenvalue weighted by Crippen LogP contribution is -2.34. The molecule has 9 heteroatoms. The minimum absolute atomic E-state index is 0.162. The van der Waals surface area contributed by atoms with Crippen LogP contribution in [0.15, 0.2) is 36.7 Å². The molecule has 0 aliphatic carbocycles. The number of aromatic nitrogens is 2. The van der Waals surface area contributed by atoms with Gasteiger partial charge in [0.25, 0.3) is 0 Å². The van der Waals surface area contributed by atoms with Crippen LogP contribution >= 0.6 is 0 Å². The van der Waals surface area contributed by atoms with Gasteiger partial charge in [-0.1, -0.05) is 13.8 Å². The van der Waals surface area contributed by atoms with Crippen LogP contribution in [-0.4, -0.2) is 52.7 Å². The van der Waals surface area contributed by atoms with Crippen molar-refractivity contribution in [3.05, 3.63) is 53.9 Å². The Morgan fingerprint density at radius 1 is 1.06 bits per heavy atom. The van der Waals surface area contributed by atoms with Crippen molar-refractivity contribution in [2.24, 2.45) is 0 Å². The van der Waals surface area contributed by atoms with Crippen molar-refractivity contribution >= 4 is 22.4 Å². The maximum atomic E-state index is 14.6. The molecule has 2 aliphatic heterocycles. The fraction of sp³-hybridized carbons (Fsp3) is 0.391. The molecule has 2 N–H and O–H groups in total. The van der Waals surface area contributed by atoms with Crippen molar-refractivity contribution in [3.63, 3.8) is 0 Å². The summed E-state index contributed by atoms with van der Waals surface area (Å²) in [7, 11) is 0. The third kappa shape index (κ3) is 4.23. The van der Waals surface area contributed by atoms with Gasteiger partial charge >= 0.3 is 0 Å². The average molecular weight is 445 g/mol. The van der Waals surface area contributed by atoms with E-state index in [2.05, 4.69) is 15.3 Å². The molecule has 0 saturated carbocycles. The zero-order valence-corrected chi connectivity index (χ0v) is 18.0. The molecule has 3 unspecified atom stereocenters. The standard InChI is InChI=1S/C21H19F2N3O4.C2H6/c1-10-4-12(23)18-14(5-10)24-9-25-21(18)26-13-3-2-11(22)6-16(13)30-17-8-29-19-15(27)7-28-20(17)19;1-2/h2-6,9,15,17,19-20,27H,7-8H2,1H3,(H,24,25,26);1-2H3/t15?,17-,19?,20?;/m1./s1. The van der Waals surface area contributed by atoms with Crippen molar-refractivity contribution in [2.75, 3.05) is 18.5 Å². The van der Waals surface area contributed by atoms with Crippen molar-refractivity contribution < 1.29 is 28.1 Å². The Labute approximate surface area is 184 Å². The monoisotopic (exact) mass is 445 g/mol. The number of benzene rings is 2. The predicted molar refractivity (Wildman–Crippen MR) is 115 cm³/mol. The van der Waals surface area contributed by atoms with E-state index in [0.717, 1.165) is 5.56 Å². The van der Waals surface area contributed by atoms with Gasteiger partial charge in [-0.05, 0) is 36.8 Å². The third-order valence-electron chi connectivity index (χ3n) is 5.29. The van der Waals surface area contributed by atoms with E-state index in [1.807, 2.05) is 13.8 Å². The molecule has 2 aliphatic rings. The second kappa shape index (κ2) is 9.32. The van der Waals surface area contributed by atoms with Crippen LogP contribution in [0.25, 0.3) is 10.9 Å². The highest BCUT2D eigenvalue weighted by atomic mass is 19.1. The molecule has 32 heavy (non-hydrogen) atoms. The summed E-state index contributed by atoms with van der Waals surface area (Å²) in [6, 6.07) is 7.14. The Morgan fingerprint density at radius 3 is 2.66 bits per heavy atom. The summed E-state index contributed by atoms with van der Waals surface area (Å²) in [5.74, 6) is -0.513. The summed E-state index contributed by atoms with van der Waals surface area (Å²) >= 11 is 0. The number of ether oxygens (including phenoxy) is 3. The second-order valence-electron chi connectivity index (χ2n) is 7.45. The molecule has 1 aromatic heterocycles. The highest BCUT2D eigenvalue weighted by Crippen LogP contribution is 2.35. The van der Waals surface area contributed by atoms with Crippen molar-refractivity contribution in [3.8, 4) is 5.75 Å². The molecule has 7 nitrogen and oxygen atoms in total. The van der Waals surface area contributed by atoms with Gasteiger partial charge in [0, 0.05) is 6.07 Å². The number of rotatable bonds is 4. The Hall–Kier alpha value is -2.88. The summed E-state index contributed by atoms with van der Waals surface area (Å²) in [5.41, 5.74) is 1.60. The molecule has 0 amide bonds. The Morgan fingerprint density at radius 2 is 1.84 bits per heavy atom. The number of nitrogens with zero attached hydrogens (tertiary/aromatic N) is 2. The molecule has 2 aromatic carbocycles. The van der Waals surface area contributed by atoms with E-state index in [0.29, 0.717) is 11.2 Å². The number of aryl methyl sites for hydroxylation is 1. The summed E-state index contributed by atoms with van der Waals surface area (Å²) in [4.78, 5) is 8.29. The maximum absolute atomic E-state index is 14.6. The lowest BCUT2D eigenvalue weighted by atomic mass is 10.1. The summed E-state index contributed by atoms with van der Waals surface area (Å²) in [6.45, 7) is 6.14. The van der Waals surface area contributed by atoms with Gasteiger partial charge in [-0.15, -0.1) is 0 Å². The fourth-order valence-electron chi connectivity index (χ4n) is 3.90. The van der Waals surface area contributed by atoms with Gasteiger partial charge in [0.05, 0.1) is 29.8 Å². The van der Waals surface area contributed by atoms with Crippen molar-refractivity contribution in [2.45, 2.75) is 45.2 Å². The molecule has 3 heterocycles. The van der Waals surface area contributed by atoms with Crippen LogP contribution in [0.4, 0.5) is 20.3 Å². The second-order valence-corrected chi connectivity index (χ2v) is 7.45. The smallest absolute Gasteiger partial charge is 0.151 e. The number of fused-ring (bicyclic) bond motifs is 2. The molecule has 5 rings (SSSR count). The molecule has 170 valence electrons. The largest absolute Gasteiger partial charge is 0.483 e. The van der Waals surface area contributed by atoms with E-state index < -0.39 is 36.1 Å². The first kappa shape index (κ1) is 22.3. The molecule has 0 bridgehead atoms. The zero-order valence-electron chi connectivity index (χ0n) is 18.0. The van der Waals surface area contributed by atoms with Gasteiger partial charge < -0.3 is 24.6 Å². The van der Waals surface area contributed by atoms with E-state index in [1.165, 1.54) is 30.6 Å². The number of aliphatic hydroxyl groups excluding tert-OH is 1. The van der Waals surface area contributed by atoms with Crippen LogP contribution in [0.1, 0.15) is 19.4 Å². The van der Waals surface area contributed by atoms with E-state index >= 15 is 0 Å². The zero-order chi connectivity index (χ0) is 22.8. The van der Waals surface area contributed by atoms with Crippen molar-refractivity contribution in [1.29, 1.82) is 0 Å². The minimum atomic E-state index is -0.715. The fourth-order valence-corrected chi connectivity index (χ4v) is 3.90. The average Bonchev–Trinajstić information content (AvgIpc) is 3.34. The Kier molecular flexibility index (Phi) is 6.50. The van der Waals surface area contributed by atoms with Crippen LogP contribution in [0, 0.1) is 18.6 Å². The van der Waals surface area contributed by atoms with Gasteiger partial charge in [0.15, 0.2) is 6.10 Å². The summed E-state index contributed by atoms with van der Waals surface area (Å²) < 4.78 is 45.7. The number of hydrogen-bond acceptors (Lipinski definition) is 7. The molecule has 2 fully saturated rings. The third-order valence-corrected chi connectivity index (χ3v) is 5.29.